The van der Waals surface area contributed by atoms with Crippen molar-refractivity contribution < 1.29 is 4.74 Å². The van der Waals surface area contributed by atoms with Crippen molar-refractivity contribution in [3.63, 3.8) is 0 Å². The molecule has 0 aromatic carbocycles. The summed E-state index contributed by atoms with van der Waals surface area (Å²) >= 11 is 0. The minimum absolute atomic E-state index is 0.271. The molecule has 0 spiro atoms. The Balaban J connectivity index is 2.18. The van der Waals surface area contributed by atoms with E-state index in [0.717, 1.165) is 31.4 Å². The second-order valence-corrected chi connectivity index (χ2v) is 4.71. The van der Waals surface area contributed by atoms with Gasteiger partial charge in [0.1, 0.15) is 0 Å². The number of nitrogens with zero attached hydrogens (tertiary/aromatic N) is 1. The van der Waals surface area contributed by atoms with E-state index in [2.05, 4.69) is 18.7 Å². The Labute approximate surface area is 87.6 Å². The Kier molecular flexibility index (Phi) is 4.85. The monoisotopic (exact) mass is 200 g/mol. The minimum Gasteiger partial charge on any atom is -0.385 e. The molecule has 0 aromatic heterocycles. The number of hydrogen-bond acceptors (Lipinski definition) is 3. The highest BCUT2D eigenvalue weighted by molar-refractivity contribution is 4.80. The first-order chi connectivity index (χ1) is 6.63. The maximum atomic E-state index is 6.01. The van der Waals surface area contributed by atoms with Gasteiger partial charge >= 0.3 is 0 Å². The van der Waals surface area contributed by atoms with Crippen molar-refractivity contribution in [3.8, 4) is 0 Å². The van der Waals surface area contributed by atoms with Crippen LogP contribution < -0.4 is 5.73 Å². The minimum atomic E-state index is 0.271. The van der Waals surface area contributed by atoms with Crippen LogP contribution in [-0.2, 0) is 4.74 Å². The third-order valence-electron chi connectivity index (χ3n) is 3.25. The highest BCUT2D eigenvalue weighted by Gasteiger charge is 2.26. The predicted molar refractivity (Wildman–Crippen MR) is 59.2 cm³/mol. The zero-order chi connectivity index (χ0) is 10.6. The van der Waals surface area contributed by atoms with Crippen molar-refractivity contribution in [3.05, 3.63) is 0 Å². The van der Waals surface area contributed by atoms with Crippen LogP contribution in [0.2, 0.25) is 0 Å². The molecule has 0 bridgehead atoms. The van der Waals surface area contributed by atoms with E-state index in [0.29, 0.717) is 0 Å². The molecule has 84 valence electrons. The quantitative estimate of drug-likeness (QED) is 0.718. The number of likely N-dealkylation sites (tertiary alicyclic amines) is 1. The average molecular weight is 200 g/mol. The van der Waals surface area contributed by atoms with Crippen molar-refractivity contribution in [1.82, 2.24) is 4.90 Å². The topological polar surface area (TPSA) is 38.5 Å². The first kappa shape index (κ1) is 12.0. The third kappa shape index (κ3) is 3.56. The highest BCUT2D eigenvalue weighted by Crippen LogP contribution is 2.21. The molecule has 3 nitrogen and oxygen atoms in total. The molecule has 1 saturated heterocycles. The Morgan fingerprint density at radius 1 is 1.36 bits per heavy atom. The van der Waals surface area contributed by atoms with Crippen LogP contribution >= 0.6 is 0 Å². The van der Waals surface area contributed by atoms with Crippen molar-refractivity contribution >= 4 is 0 Å². The Morgan fingerprint density at radius 2 is 1.93 bits per heavy atom. The summed E-state index contributed by atoms with van der Waals surface area (Å²) < 4.78 is 5.02. The number of nitrogens with two attached hydrogens (primary N) is 1. The molecule has 3 heteroatoms. The van der Waals surface area contributed by atoms with Gasteiger partial charge in [-0.3, -0.25) is 0 Å². The van der Waals surface area contributed by atoms with E-state index in [1.807, 2.05) is 0 Å². The molecule has 3 atom stereocenters. The van der Waals surface area contributed by atoms with E-state index in [4.69, 9.17) is 10.5 Å². The lowest BCUT2D eigenvalue weighted by molar-refractivity contribution is 0.179. The summed E-state index contributed by atoms with van der Waals surface area (Å²) in [5.41, 5.74) is 6.01. The molecule has 3 unspecified atom stereocenters. The summed E-state index contributed by atoms with van der Waals surface area (Å²) in [7, 11) is 1.73. The van der Waals surface area contributed by atoms with Gasteiger partial charge in [0.15, 0.2) is 0 Å². The van der Waals surface area contributed by atoms with Crippen molar-refractivity contribution in [2.45, 2.75) is 26.3 Å². The molecule has 1 aliphatic rings. The summed E-state index contributed by atoms with van der Waals surface area (Å²) in [4.78, 5) is 2.48. The van der Waals surface area contributed by atoms with Gasteiger partial charge in [0.05, 0.1) is 0 Å². The Morgan fingerprint density at radius 3 is 2.43 bits per heavy atom. The molecule has 0 radical (unpaired) electrons. The SMILES string of the molecule is COCCC(N)CN1CC(C)C(C)C1. The average Bonchev–Trinajstić information content (AvgIpc) is 2.42. The molecule has 0 aliphatic carbocycles. The maximum absolute atomic E-state index is 6.01. The highest BCUT2D eigenvalue weighted by atomic mass is 16.5. The molecular weight excluding hydrogens is 176 g/mol. The molecular formula is C11H24N2O. The largest absolute Gasteiger partial charge is 0.385 e. The van der Waals surface area contributed by atoms with Gasteiger partial charge in [-0.1, -0.05) is 13.8 Å². The molecule has 2 N–H and O–H groups in total. The maximum Gasteiger partial charge on any atom is 0.0477 e. The lowest BCUT2D eigenvalue weighted by Gasteiger charge is -2.20. The zero-order valence-electron chi connectivity index (χ0n) is 9.70. The molecule has 1 aliphatic heterocycles. The summed E-state index contributed by atoms with van der Waals surface area (Å²) in [6.07, 6.45) is 0.968. The molecule has 0 amide bonds. The summed E-state index contributed by atoms with van der Waals surface area (Å²) in [5, 5.41) is 0. The summed E-state index contributed by atoms with van der Waals surface area (Å²) in [6, 6.07) is 0.271. The van der Waals surface area contributed by atoms with Gasteiger partial charge in [0, 0.05) is 39.4 Å². The third-order valence-corrected chi connectivity index (χ3v) is 3.25. The van der Waals surface area contributed by atoms with Gasteiger partial charge in [-0.05, 0) is 18.3 Å². The second kappa shape index (κ2) is 5.69. The van der Waals surface area contributed by atoms with Crippen LogP contribution in [0.5, 0.6) is 0 Å². The second-order valence-electron chi connectivity index (χ2n) is 4.71. The van der Waals surface area contributed by atoms with Crippen LogP contribution in [0.1, 0.15) is 20.3 Å². The Bertz CT molecular complexity index is 153. The normalized spacial score (nSPS) is 30.9. The number of ether oxygens (including phenoxy) is 1. The summed E-state index contributed by atoms with van der Waals surface area (Å²) in [5.74, 6) is 1.65. The van der Waals surface area contributed by atoms with Gasteiger partial charge in [-0.15, -0.1) is 0 Å². The van der Waals surface area contributed by atoms with Crippen molar-refractivity contribution in [1.29, 1.82) is 0 Å². The molecule has 0 aromatic rings. The molecule has 0 saturated carbocycles. The molecule has 1 heterocycles. The van der Waals surface area contributed by atoms with Crippen LogP contribution in [-0.4, -0.2) is 44.3 Å². The van der Waals surface area contributed by atoms with E-state index in [9.17, 15) is 0 Å². The standard InChI is InChI=1S/C11H24N2O/c1-9-6-13(7-10(9)2)8-11(12)4-5-14-3/h9-11H,4-8,12H2,1-3H3. The van der Waals surface area contributed by atoms with Gasteiger partial charge in [-0.25, -0.2) is 0 Å². The van der Waals surface area contributed by atoms with Crippen molar-refractivity contribution in [2.24, 2.45) is 17.6 Å². The zero-order valence-corrected chi connectivity index (χ0v) is 9.70. The van der Waals surface area contributed by atoms with Crippen LogP contribution in [0, 0.1) is 11.8 Å². The fourth-order valence-corrected chi connectivity index (χ4v) is 2.09. The fourth-order valence-electron chi connectivity index (χ4n) is 2.09. The van der Waals surface area contributed by atoms with E-state index in [1.54, 1.807) is 7.11 Å². The van der Waals surface area contributed by atoms with Gasteiger partial charge < -0.3 is 15.4 Å². The van der Waals surface area contributed by atoms with Crippen LogP contribution in [0.3, 0.4) is 0 Å². The first-order valence-corrected chi connectivity index (χ1v) is 5.60. The lowest BCUT2D eigenvalue weighted by atomic mass is 10.0. The number of rotatable bonds is 5. The molecule has 14 heavy (non-hydrogen) atoms. The van der Waals surface area contributed by atoms with E-state index < -0.39 is 0 Å². The lowest BCUT2D eigenvalue weighted by Crippen LogP contribution is -2.37. The number of hydrogen-bond donors (Lipinski definition) is 1. The van der Waals surface area contributed by atoms with Crippen molar-refractivity contribution in [2.75, 3.05) is 33.4 Å². The van der Waals surface area contributed by atoms with Crippen LogP contribution in [0.4, 0.5) is 0 Å². The predicted octanol–water partition coefficient (Wildman–Crippen LogP) is 0.938. The molecule has 1 rings (SSSR count). The van der Waals surface area contributed by atoms with E-state index in [1.165, 1.54) is 13.1 Å². The molecule has 1 fully saturated rings. The smallest absolute Gasteiger partial charge is 0.0477 e. The van der Waals surface area contributed by atoms with Gasteiger partial charge in [-0.2, -0.15) is 0 Å². The van der Waals surface area contributed by atoms with E-state index in [-0.39, 0.29) is 6.04 Å². The van der Waals surface area contributed by atoms with E-state index >= 15 is 0 Å². The first-order valence-electron chi connectivity index (χ1n) is 5.60. The Hall–Kier alpha value is -0.120. The fraction of sp³-hybridized carbons (Fsp3) is 1.00. The number of methoxy groups -OCH3 is 1. The van der Waals surface area contributed by atoms with Gasteiger partial charge in [0.25, 0.3) is 0 Å². The van der Waals surface area contributed by atoms with Gasteiger partial charge in [0.2, 0.25) is 0 Å². The van der Waals surface area contributed by atoms with Crippen LogP contribution in [0.15, 0.2) is 0 Å². The van der Waals surface area contributed by atoms with Crippen LogP contribution in [0.25, 0.3) is 0 Å². The summed E-state index contributed by atoms with van der Waals surface area (Å²) in [6.45, 7) is 8.87.